The predicted molar refractivity (Wildman–Crippen MR) is 63.1 cm³/mol. The second kappa shape index (κ2) is 3.89. The zero-order valence-corrected chi connectivity index (χ0v) is 9.98. The van der Waals surface area contributed by atoms with Crippen molar-refractivity contribution < 1.29 is 14.6 Å². The molecule has 1 aromatic carbocycles. The largest absolute Gasteiger partial charge is 0.454 e. The third-order valence-electron chi connectivity index (χ3n) is 3.54. The van der Waals surface area contributed by atoms with Gasteiger partial charge in [-0.2, -0.15) is 0 Å². The summed E-state index contributed by atoms with van der Waals surface area (Å²) in [5.74, 6) is 1.65. The lowest BCUT2D eigenvalue weighted by Crippen LogP contribution is -2.60. The highest BCUT2D eigenvalue weighted by molar-refractivity contribution is 5.44. The van der Waals surface area contributed by atoms with Crippen LogP contribution < -0.4 is 9.47 Å². The summed E-state index contributed by atoms with van der Waals surface area (Å²) in [6.07, 6.45) is 0.824. The number of nitrogens with zero attached hydrogens (tertiary/aromatic N) is 1. The monoisotopic (exact) mass is 235 g/mol. The van der Waals surface area contributed by atoms with Crippen molar-refractivity contribution in [3.8, 4) is 11.5 Å². The Hall–Kier alpha value is -1.26. The standard InChI is InChI=1S/C13H17NO3/c1-2-13(15)7-14(8-13)6-10-3-4-11-12(5-10)17-9-16-11/h3-5,15H,2,6-9H2,1H3. The first-order chi connectivity index (χ1) is 8.18. The summed E-state index contributed by atoms with van der Waals surface area (Å²) in [4.78, 5) is 2.24. The lowest BCUT2D eigenvalue weighted by molar-refractivity contribution is -0.103. The van der Waals surface area contributed by atoms with E-state index < -0.39 is 5.60 Å². The van der Waals surface area contributed by atoms with Crippen LogP contribution in [0.4, 0.5) is 0 Å². The molecule has 0 unspecified atom stereocenters. The van der Waals surface area contributed by atoms with Gasteiger partial charge in [-0.25, -0.2) is 0 Å². The smallest absolute Gasteiger partial charge is 0.231 e. The maximum absolute atomic E-state index is 9.94. The van der Waals surface area contributed by atoms with Crippen LogP contribution in [0.2, 0.25) is 0 Å². The Morgan fingerprint density at radius 1 is 1.29 bits per heavy atom. The quantitative estimate of drug-likeness (QED) is 0.859. The van der Waals surface area contributed by atoms with Gasteiger partial charge in [0.25, 0.3) is 0 Å². The molecule has 0 aliphatic carbocycles. The molecule has 1 aromatic rings. The molecular weight excluding hydrogens is 218 g/mol. The molecule has 0 radical (unpaired) electrons. The van der Waals surface area contributed by atoms with E-state index in [2.05, 4.69) is 11.0 Å². The number of likely N-dealkylation sites (tertiary alicyclic amines) is 1. The van der Waals surface area contributed by atoms with Gasteiger partial charge < -0.3 is 14.6 Å². The summed E-state index contributed by atoms with van der Waals surface area (Å²) >= 11 is 0. The van der Waals surface area contributed by atoms with Crippen molar-refractivity contribution in [3.63, 3.8) is 0 Å². The van der Waals surface area contributed by atoms with Gasteiger partial charge in [-0.1, -0.05) is 13.0 Å². The van der Waals surface area contributed by atoms with Crippen LogP contribution >= 0.6 is 0 Å². The second-order valence-corrected chi connectivity index (χ2v) is 4.91. The molecule has 0 spiro atoms. The molecule has 1 fully saturated rings. The Balaban J connectivity index is 1.63. The van der Waals surface area contributed by atoms with E-state index in [0.29, 0.717) is 6.79 Å². The number of β-amino-alcohol motifs (C(OH)–C–C–N with tert-alkyl or cyclic N) is 1. The van der Waals surface area contributed by atoms with Crippen molar-refractivity contribution in [2.24, 2.45) is 0 Å². The van der Waals surface area contributed by atoms with Gasteiger partial charge in [0, 0.05) is 19.6 Å². The first kappa shape index (κ1) is 10.9. The first-order valence-corrected chi connectivity index (χ1v) is 6.02. The summed E-state index contributed by atoms with van der Waals surface area (Å²) in [6, 6.07) is 6.02. The van der Waals surface area contributed by atoms with Gasteiger partial charge in [-0.3, -0.25) is 4.90 Å². The van der Waals surface area contributed by atoms with Crippen molar-refractivity contribution >= 4 is 0 Å². The maximum Gasteiger partial charge on any atom is 0.231 e. The fourth-order valence-corrected chi connectivity index (χ4v) is 2.42. The van der Waals surface area contributed by atoms with Crippen molar-refractivity contribution in [1.82, 2.24) is 4.90 Å². The van der Waals surface area contributed by atoms with Crippen LogP contribution in [0.25, 0.3) is 0 Å². The molecule has 0 aromatic heterocycles. The van der Waals surface area contributed by atoms with Gasteiger partial charge in [0.15, 0.2) is 11.5 Å². The van der Waals surface area contributed by atoms with Crippen LogP contribution in [0.3, 0.4) is 0 Å². The van der Waals surface area contributed by atoms with Gasteiger partial charge in [0.05, 0.1) is 5.60 Å². The Bertz CT molecular complexity index is 427. The molecular formula is C13H17NO3. The lowest BCUT2D eigenvalue weighted by Gasteiger charge is -2.46. The summed E-state index contributed by atoms with van der Waals surface area (Å²) in [7, 11) is 0. The van der Waals surface area contributed by atoms with E-state index in [1.807, 2.05) is 19.1 Å². The van der Waals surface area contributed by atoms with Crippen molar-refractivity contribution in [2.75, 3.05) is 19.9 Å². The van der Waals surface area contributed by atoms with Gasteiger partial charge in [-0.05, 0) is 24.1 Å². The molecule has 4 heteroatoms. The Morgan fingerprint density at radius 3 is 2.82 bits per heavy atom. The molecule has 0 saturated carbocycles. The zero-order chi connectivity index (χ0) is 11.9. The highest BCUT2D eigenvalue weighted by Crippen LogP contribution is 2.34. The van der Waals surface area contributed by atoms with E-state index in [-0.39, 0.29) is 0 Å². The molecule has 0 amide bonds. The first-order valence-electron chi connectivity index (χ1n) is 6.02. The van der Waals surface area contributed by atoms with Gasteiger partial charge in [0.2, 0.25) is 6.79 Å². The molecule has 3 rings (SSSR count). The fraction of sp³-hybridized carbons (Fsp3) is 0.538. The molecule has 2 aliphatic heterocycles. The van der Waals surface area contributed by atoms with E-state index in [9.17, 15) is 5.11 Å². The summed E-state index contributed by atoms with van der Waals surface area (Å²) in [6.45, 7) is 4.73. The van der Waals surface area contributed by atoms with Crippen LogP contribution in [-0.2, 0) is 6.54 Å². The number of fused-ring (bicyclic) bond motifs is 1. The minimum atomic E-state index is -0.462. The number of ether oxygens (including phenoxy) is 2. The third kappa shape index (κ3) is 1.98. The van der Waals surface area contributed by atoms with E-state index in [1.165, 1.54) is 5.56 Å². The fourth-order valence-electron chi connectivity index (χ4n) is 2.42. The normalized spacial score (nSPS) is 21.3. The molecule has 17 heavy (non-hydrogen) atoms. The average molecular weight is 235 g/mol. The molecule has 1 saturated heterocycles. The van der Waals surface area contributed by atoms with Crippen molar-refractivity contribution in [1.29, 1.82) is 0 Å². The number of rotatable bonds is 3. The van der Waals surface area contributed by atoms with Crippen LogP contribution in [-0.4, -0.2) is 35.5 Å². The van der Waals surface area contributed by atoms with E-state index in [0.717, 1.165) is 37.6 Å². The molecule has 1 N–H and O–H groups in total. The molecule has 0 bridgehead atoms. The van der Waals surface area contributed by atoms with Crippen LogP contribution in [0.1, 0.15) is 18.9 Å². The minimum absolute atomic E-state index is 0.318. The number of hydrogen-bond acceptors (Lipinski definition) is 4. The van der Waals surface area contributed by atoms with E-state index >= 15 is 0 Å². The summed E-state index contributed by atoms with van der Waals surface area (Å²) < 4.78 is 10.6. The van der Waals surface area contributed by atoms with Crippen LogP contribution in [0, 0.1) is 0 Å². The van der Waals surface area contributed by atoms with E-state index in [4.69, 9.17) is 9.47 Å². The van der Waals surface area contributed by atoms with Crippen molar-refractivity contribution in [3.05, 3.63) is 23.8 Å². The Kier molecular flexibility index (Phi) is 2.49. The number of hydrogen-bond donors (Lipinski definition) is 1. The minimum Gasteiger partial charge on any atom is -0.454 e. The zero-order valence-electron chi connectivity index (χ0n) is 9.98. The van der Waals surface area contributed by atoms with Gasteiger partial charge >= 0.3 is 0 Å². The Morgan fingerprint density at radius 2 is 2.06 bits per heavy atom. The molecule has 4 nitrogen and oxygen atoms in total. The second-order valence-electron chi connectivity index (χ2n) is 4.91. The van der Waals surface area contributed by atoms with E-state index in [1.54, 1.807) is 0 Å². The van der Waals surface area contributed by atoms with Crippen LogP contribution in [0.15, 0.2) is 18.2 Å². The van der Waals surface area contributed by atoms with Crippen molar-refractivity contribution in [2.45, 2.75) is 25.5 Å². The number of benzene rings is 1. The SMILES string of the molecule is CCC1(O)CN(Cc2ccc3c(c2)OCO3)C1. The van der Waals surface area contributed by atoms with Gasteiger partial charge in [0.1, 0.15) is 0 Å². The molecule has 92 valence electrons. The summed E-state index contributed by atoms with van der Waals surface area (Å²) in [5, 5.41) is 9.94. The predicted octanol–water partition coefficient (Wildman–Crippen LogP) is 1.37. The molecule has 0 atom stereocenters. The molecule has 2 aliphatic rings. The van der Waals surface area contributed by atoms with Crippen LogP contribution in [0.5, 0.6) is 11.5 Å². The summed E-state index contributed by atoms with van der Waals surface area (Å²) in [5.41, 5.74) is 0.739. The average Bonchev–Trinajstić information content (AvgIpc) is 2.74. The Labute approximate surface area is 101 Å². The topological polar surface area (TPSA) is 41.9 Å². The maximum atomic E-state index is 9.94. The molecule has 2 heterocycles. The third-order valence-corrected chi connectivity index (χ3v) is 3.54. The highest BCUT2D eigenvalue weighted by atomic mass is 16.7. The lowest BCUT2D eigenvalue weighted by atomic mass is 9.91. The number of aliphatic hydroxyl groups is 1. The highest BCUT2D eigenvalue weighted by Gasteiger charge is 2.39. The van der Waals surface area contributed by atoms with Gasteiger partial charge in [-0.15, -0.1) is 0 Å².